The van der Waals surface area contributed by atoms with E-state index in [0.29, 0.717) is 18.2 Å². The first-order valence-electron chi connectivity index (χ1n) is 16.2. The number of ether oxygens (including phenoxy) is 1. The Labute approximate surface area is 313 Å². The van der Waals surface area contributed by atoms with Gasteiger partial charge in [-0.15, -0.1) is 0 Å². The van der Waals surface area contributed by atoms with Gasteiger partial charge in [-0.25, -0.2) is 28.6 Å². The van der Waals surface area contributed by atoms with Gasteiger partial charge in [-0.05, 0) is 5.92 Å². The lowest BCUT2D eigenvalue weighted by molar-refractivity contribution is -0.137. The number of carbonyl (C=O) groups is 2. The normalized spacial score (nSPS) is 22.4. The zero-order valence-electron chi connectivity index (χ0n) is 29.6. The summed E-state index contributed by atoms with van der Waals surface area (Å²) in [7, 11) is -16.3. The largest absolute Gasteiger partial charge is 0.481 e. The number of hydrogen-bond acceptors (Lipinski definition) is 17. The van der Waals surface area contributed by atoms with Crippen molar-refractivity contribution in [3.05, 3.63) is 24.8 Å². The van der Waals surface area contributed by atoms with Crippen molar-refractivity contribution < 1.29 is 75.7 Å². The van der Waals surface area contributed by atoms with Gasteiger partial charge in [0.05, 0.1) is 19.5 Å². The van der Waals surface area contributed by atoms with E-state index in [1.54, 1.807) is 11.8 Å². The molecule has 23 nitrogen and oxygen atoms in total. The first kappa shape index (κ1) is 46.0. The van der Waals surface area contributed by atoms with Crippen molar-refractivity contribution in [2.24, 2.45) is 11.3 Å². The van der Waals surface area contributed by atoms with Crippen LogP contribution >= 0.6 is 35.2 Å². The Morgan fingerprint density at radius 3 is 2.44 bits per heavy atom. The molecule has 54 heavy (non-hydrogen) atoms. The molecule has 10 N–H and O–H groups in total. The lowest BCUT2D eigenvalue weighted by atomic mass is 9.87. The van der Waals surface area contributed by atoms with E-state index in [2.05, 4.69) is 60.4 Å². The third-order valence-corrected chi connectivity index (χ3v) is 11.4. The summed E-state index contributed by atoms with van der Waals surface area (Å²) in [6.45, 7) is 5.02. The molecule has 3 rings (SSSR count). The van der Waals surface area contributed by atoms with Crippen molar-refractivity contribution in [2.75, 3.05) is 43.5 Å². The van der Waals surface area contributed by atoms with E-state index < -0.39 is 78.6 Å². The second kappa shape index (κ2) is 19.7. The zero-order chi connectivity index (χ0) is 40.5. The molecule has 306 valence electrons. The van der Waals surface area contributed by atoms with E-state index in [0.717, 1.165) is 23.0 Å². The molecule has 1 aliphatic rings. The number of aromatic nitrogens is 4. The number of imidazole rings is 1. The number of nitrogen functional groups attached to an aromatic ring is 1. The van der Waals surface area contributed by atoms with E-state index in [4.69, 9.17) is 19.5 Å². The fourth-order valence-electron chi connectivity index (χ4n) is 4.68. The van der Waals surface area contributed by atoms with Crippen LogP contribution in [0.4, 0.5) is 5.82 Å². The maximum atomic E-state index is 12.7. The molecule has 27 heteroatoms. The monoisotopic (exact) mass is 849 g/mol. The van der Waals surface area contributed by atoms with Crippen molar-refractivity contribution in [1.82, 2.24) is 30.2 Å². The lowest BCUT2D eigenvalue weighted by Gasteiger charge is -2.30. The van der Waals surface area contributed by atoms with Gasteiger partial charge in [0.15, 0.2) is 17.7 Å². The Morgan fingerprint density at radius 2 is 1.78 bits per heavy atom. The van der Waals surface area contributed by atoms with Crippen LogP contribution in [0.3, 0.4) is 0 Å². The van der Waals surface area contributed by atoms with Gasteiger partial charge in [0.2, 0.25) is 11.8 Å². The van der Waals surface area contributed by atoms with Crippen LogP contribution in [0.15, 0.2) is 24.8 Å². The standard InChI is InChI=1S/C27H46N7O16P3S/c1-16(2)6-5-10-54-11-9-29-18(35)7-8-30-25(38)22(37)27(3,4)13-47-53(44,45)50-52(42,43)46-12-17-21(49-51(39,40)41)20(36)26(48-17)34-15-33-19-23(28)31-14-32-24(19)34/h5-6,14-17,20-22,26,36-37H,7-13H2,1-4H3,(H,29,35)(H,30,38)(H,42,43)(H,44,45)(H2,28,31,32)(H2,39,40,41)/b6-5+/t17-,20-,21-,22+,26-/m1/s1. The summed E-state index contributed by atoms with van der Waals surface area (Å²) in [6, 6.07) is 0. The van der Waals surface area contributed by atoms with Crippen molar-refractivity contribution in [3.63, 3.8) is 0 Å². The molecule has 1 aliphatic heterocycles. The number of fused-ring (bicyclic) bond motifs is 1. The van der Waals surface area contributed by atoms with Gasteiger partial charge in [-0.2, -0.15) is 16.1 Å². The molecule has 1 fully saturated rings. The summed E-state index contributed by atoms with van der Waals surface area (Å²) in [6.07, 6.45) is -2.58. The number of nitrogens with one attached hydrogen (secondary N) is 2. The number of anilines is 1. The minimum absolute atomic E-state index is 0.0350. The topological polar surface area (TPSA) is 347 Å². The molecule has 2 amide bonds. The van der Waals surface area contributed by atoms with Crippen molar-refractivity contribution in [3.8, 4) is 0 Å². The number of hydrogen-bond donors (Lipinski definition) is 9. The fourth-order valence-corrected chi connectivity index (χ4v) is 8.17. The van der Waals surface area contributed by atoms with Crippen LogP contribution in [0.2, 0.25) is 0 Å². The quantitative estimate of drug-likeness (QED) is 0.0438. The predicted molar refractivity (Wildman–Crippen MR) is 191 cm³/mol. The summed E-state index contributed by atoms with van der Waals surface area (Å²) < 4.78 is 62.1. The SMILES string of the molecule is CC(C)/C=C/CSCCNC(=O)CCNC(=O)[C@H](O)C(C)(C)COP(=O)(O)OP(=O)(O)OC[C@H]1O[C@@H](n2cnc3c(N)ncnc32)[C@H](O)[C@@H]1OP(=O)(O)O. The number of nitrogens with two attached hydrogens (primary N) is 1. The molecular weight excluding hydrogens is 803 g/mol. The Hall–Kier alpha value is -2.37. The Kier molecular flexibility index (Phi) is 16.8. The highest BCUT2D eigenvalue weighted by molar-refractivity contribution is 7.99. The minimum atomic E-state index is -5.55. The second-order valence-electron chi connectivity index (χ2n) is 12.8. The van der Waals surface area contributed by atoms with Crippen LogP contribution in [0.25, 0.3) is 11.2 Å². The molecule has 0 radical (unpaired) electrons. The average Bonchev–Trinajstić information content (AvgIpc) is 3.62. The minimum Gasteiger partial charge on any atom is -0.386 e. The van der Waals surface area contributed by atoms with Gasteiger partial charge in [0.1, 0.15) is 36.3 Å². The number of phosphoric acid groups is 3. The maximum absolute atomic E-state index is 12.7. The van der Waals surface area contributed by atoms with Crippen molar-refractivity contribution in [2.45, 2.75) is 64.8 Å². The lowest BCUT2D eigenvalue weighted by Crippen LogP contribution is -2.46. The summed E-state index contributed by atoms with van der Waals surface area (Å²) in [5.41, 5.74) is 4.31. The molecule has 0 bridgehead atoms. The van der Waals surface area contributed by atoms with E-state index in [1.807, 2.05) is 0 Å². The van der Waals surface area contributed by atoms with Crippen LogP contribution in [0.5, 0.6) is 0 Å². The number of nitrogens with zero attached hydrogens (tertiary/aromatic N) is 4. The smallest absolute Gasteiger partial charge is 0.386 e. The highest BCUT2D eigenvalue weighted by Gasteiger charge is 2.50. The molecule has 0 aliphatic carbocycles. The van der Waals surface area contributed by atoms with Crippen LogP contribution in [0.1, 0.15) is 40.3 Å². The summed E-state index contributed by atoms with van der Waals surface area (Å²) in [4.78, 5) is 75.5. The molecular formula is C27H46N7O16P3S. The molecule has 0 saturated carbocycles. The molecule has 2 aromatic rings. The summed E-state index contributed by atoms with van der Waals surface area (Å²) in [5.74, 6) is 0.669. The van der Waals surface area contributed by atoms with Crippen LogP contribution in [-0.4, -0.2) is 123 Å². The number of phosphoric ester groups is 3. The van der Waals surface area contributed by atoms with Crippen LogP contribution in [0, 0.1) is 11.3 Å². The Balaban J connectivity index is 1.50. The molecule has 3 heterocycles. The molecule has 1 saturated heterocycles. The second-order valence-corrected chi connectivity index (χ2v) is 18.2. The van der Waals surface area contributed by atoms with E-state index in [1.165, 1.54) is 13.8 Å². The number of aliphatic hydroxyl groups excluding tert-OH is 2. The van der Waals surface area contributed by atoms with Crippen molar-refractivity contribution >= 4 is 64.0 Å². The van der Waals surface area contributed by atoms with Gasteiger partial charge in [-0.3, -0.25) is 27.7 Å². The Bertz CT molecular complexity index is 1760. The first-order chi connectivity index (χ1) is 25.0. The number of aliphatic hydroxyl groups is 2. The molecule has 2 aromatic heterocycles. The van der Waals surface area contributed by atoms with Gasteiger partial charge >= 0.3 is 23.5 Å². The third kappa shape index (κ3) is 14.3. The van der Waals surface area contributed by atoms with Crippen LogP contribution in [-0.2, 0) is 45.9 Å². The third-order valence-electron chi connectivity index (χ3n) is 7.38. The van der Waals surface area contributed by atoms with Crippen LogP contribution < -0.4 is 16.4 Å². The number of thioether (sulfide) groups is 1. The zero-order valence-corrected chi connectivity index (χ0v) is 33.1. The van der Waals surface area contributed by atoms with Gasteiger partial charge < -0.3 is 50.9 Å². The molecule has 7 atom stereocenters. The summed E-state index contributed by atoms with van der Waals surface area (Å²) >= 11 is 1.64. The van der Waals surface area contributed by atoms with Gasteiger partial charge in [0.25, 0.3) is 0 Å². The molecule has 0 aromatic carbocycles. The van der Waals surface area contributed by atoms with Gasteiger partial charge in [-0.1, -0.05) is 39.8 Å². The fraction of sp³-hybridized carbons (Fsp3) is 0.667. The summed E-state index contributed by atoms with van der Waals surface area (Å²) in [5, 5.41) is 26.5. The first-order valence-corrected chi connectivity index (χ1v) is 21.8. The number of allylic oxidation sites excluding steroid dienone is 1. The van der Waals surface area contributed by atoms with E-state index >= 15 is 0 Å². The number of rotatable bonds is 22. The maximum Gasteiger partial charge on any atom is 0.481 e. The molecule has 2 unspecified atom stereocenters. The highest BCUT2D eigenvalue weighted by atomic mass is 32.2. The predicted octanol–water partition coefficient (Wildman–Crippen LogP) is 0.350. The highest BCUT2D eigenvalue weighted by Crippen LogP contribution is 2.61. The number of amides is 2. The average molecular weight is 850 g/mol. The van der Waals surface area contributed by atoms with E-state index in [-0.39, 0.29) is 35.9 Å². The Morgan fingerprint density at radius 1 is 1.09 bits per heavy atom. The van der Waals surface area contributed by atoms with E-state index in [9.17, 15) is 53.1 Å². The molecule has 0 spiro atoms. The van der Waals surface area contributed by atoms with Crippen molar-refractivity contribution in [1.29, 1.82) is 0 Å². The number of carbonyl (C=O) groups excluding carboxylic acids is 2. The van der Waals surface area contributed by atoms with Gasteiger partial charge in [0, 0.05) is 36.4 Å².